The number of benzene rings is 1. The van der Waals surface area contributed by atoms with E-state index in [0.717, 1.165) is 5.56 Å². The number of nitrogens with two attached hydrogens (primary N) is 1. The molecule has 0 saturated heterocycles. The highest BCUT2D eigenvalue weighted by molar-refractivity contribution is 5.85. The second kappa shape index (κ2) is 7.79. The quantitative estimate of drug-likeness (QED) is 0.843. The van der Waals surface area contributed by atoms with E-state index >= 15 is 0 Å². The minimum absolute atomic E-state index is 0. The number of hydrogen-bond acceptors (Lipinski definition) is 4. The molecule has 1 aromatic rings. The Morgan fingerprint density at radius 2 is 1.94 bits per heavy atom. The molecule has 6 heteroatoms. The van der Waals surface area contributed by atoms with E-state index in [1.807, 2.05) is 12.1 Å². The van der Waals surface area contributed by atoms with E-state index in [1.165, 1.54) is 0 Å². The lowest BCUT2D eigenvalue weighted by Gasteiger charge is -2.11. The number of rotatable bonds is 5. The highest BCUT2D eigenvalue weighted by atomic mass is 35.5. The zero-order valence-corrected chi connectivity index (χ0v) is 11.5. The summed E-state index contributed by atoms with van der Waals surface area (Å²) in [4.78, 5) is 11.3. The molecular formula is C12H19ClN2O3. The van der Waals surface area contributed by atoms with Crippen molar-refractivity contribution in [1.29, 1.82) is 0 Å². The van der Waals surface area contributed by atoms with Crippen LogP contribution in [0.15, 0.2) is 18.2 Å². The molecule has 0 aliphatic heterocycles. The van der Waals surface area contributed by atoms with Gasteiger partial charge in [-0.2, -0.15) is 0 Å². The van der Waals surface area contributed by atoms with Crippen LogP contribution in [0.4, 0.5) is 0 Å². The molecule has 0 radical (unpaired) electrons. The Balaban J connectivity index is 0.00000289. The zero-order valence-electron chi connectivity index (χ0n) is 10.7. The van der Waals surface area contributed by atoms with Gasteiger partial charge in [0.15, 0.2) is 11.5 Å². The van der Waals surface area contributed by atoms with Gasteiger partial charge < -0.3 is 20.5 Å². The number of carbonyl (C=O) groups is 1. The number of amides is 1. The van der Waals surface area contributed by atoms with Crippen molar-refractivity contribution >= 4 is 18.3 Å². The lowest BCUT2D eigenvalue weighted by Crippen LogP contribution is -2.37. The van der Waals surface area contributed by atoms with Crippen molar-refractivity contribution in [2.24, 2.45) is 5.73 Å². The van der Waals surface area contributed by atoms with Gasteiger partial charge in [-0.3, -0.25) is 4.79 Å². The van der Waals surface area contributed by atoms with Crippen LogP contribution in [0, 0.1) is 0 Å². The van der Waals surface area contributed by atoms with Crippen LogP contribution in [0.5, 0.6) is 11.5 Å². The van der Waals surface area contributed by atoms with Gasteiger partial charge in [0.1, 0.15) is 0 Å². The van der Waals surface area contributed by atoms with Crippen LogP contribution < -0.4 is 20.5 Å². The Bertz CT molecular complexity index is 397. The number of hydrogen-bond donors (Lipinski definition) is 2. The van der Waals surface area contributed by atoms with E-state index in [-0.39, 0.29) is 18.3 Å². The third kappa shape index (κ3) is 4.43. The van der Waals surface area contributed by atoms with Crippen molar-refractivity contribution in [2.45, 2.75) is 19.5 Å². The van der Waals surface area contributed by atoms with E-state index in [9.17, 15) is 4.79 Å². The Morgan fingerprint density at radius 3 is 2.44 bits per heavy atom. The topological polar surface area (TPSA) is 73.6 Å². The normalized spacial score (nSPS) is 11.1. The third-order valence-electron chi connectivity index (χ3n) is 2.33. The predicted molar refractivity (Wildman–Crippen MR) is 72.3 cm³/mol. The van der Waals surface area contributed by atoms with Crippen LogP contribution in [-0.4, -0.2) is 26.2 Å². The van der Waals surface area contributed by atoms with Gasteiger partial charge in [0.2, 0.25) is 5.91 Å². The molecule has 0 aliphatic rings. The number of methoxy groups -OCH3 is 2. The molecule has 0 spiro atoms. The van der Waals surface area contributed by atoms with Crippen LogP contribution in [-0.2, 0) is 11.3 Å². The summed E-state index contributed by atoms with van der Waals surface area (Å²) in [7, 11) is 3.15. The maximum atomic E-state index is 11.3. The summed E-state index contributed by atoms with van der Waals surface area (Å²) < 4.78 is 10.3. The lowest BCUT2D eigenvalue weighted by molar-refractivity contribution is -0.122. The minimum atomic E-state index is -0.504. The molecule has 0 unspecified atom stereocenters. The molecular weight excluding hydrogens is 256 g/mol. The number of ether oxygens (including phenoxy) is 2. The monoisotopic (exact) mass is 274 g/mol. The fourth-order valence-corrected chi connectivity index (χ4v) is 1.34. The summed E-state index contributed by atoms with van der Waals surface area (Å²) in [6.07, 6.45) is 0. The standard InChI is InChI=1S/C12H18N2O3.ClH/c1-8(13)12(15)14-7-9-4-5-10(16-2)11(6-9)17-3;/h4-6,8H,7,13H2,1-3H3,(H,14,15);1H/t8-;/m1./s1. The van der Waals surface area contributed by atoms with Gasteiger partial charge in [0, 0.05) is 6.54 Å². The summed E-state index contributed by atoms with van der Waals surface area (Å²) >= 11 is 0. The second-order valence-corrected chi connectivity index (χ2v) is 3.70. The molecule has 1 amide bonds. The van der Waals surface area contributed by atoms with Gasteiger partial charge in [-0.05, 0) is 24.6 Å². The molecule has 3 N–H and O–H groups in total. The zero-order chi connectivity index (χ0) is 12.8. The van der Waals surface area contributed by atoms with E-state index < -0.39 is 6.04 Å². The first-order chi connectivity index (χ1) is 8.08. The van der Waals surface area contributed by atoms with Crippen molar-refractivity contribution in [3.63, 3.8) is 0 Å². The second-order valence-electron chi connectivity index (χ2n) is 3.70. The van der Waals surface area contributed by atoms with Gasteiger partial charge in [0.05, 0.1) is 20.3 Å². The van der Waals surface area contributed by atoms with Gasteiger partial charge in [-0.1, -0.05) is 6.07 Å². The maximum absolute atomic E-state index is 11.3. The molecule has 1 rings (SSSR count). The third-order valence-corrected chi connectivity index (χ3v) is 2.33. The van der Waals surface area contributed by atoms with Gasteiger partial charge in [-0.15, -0.1) is 12.4 Å². The van der Waals surface area contributed by atoms with E-state index in [0.29, 0.717) is 18.0 Å². The highest BCUT2D eigenvalue weighted by Crippen LogP contribution is 2.27. The molecule has 0 fully saturated rings. The lowest BCUT2D eigenvalue weighted by atomic mass is 10.2. The van der Waals surface area contributed by atoms with E-state index in [1.54, 1.807) is 27.2 Å². The van der Waals surface area contributed by atoms with Crippen LogP contribution in [0.25, 0.3) is 0 Å². The molecule has 0 heterocycles. The maximum Gasteiger partial charge on any atom is 0.236 e. The molecule has 0 aromatic heterocycles. The average molecular weight is 275 g/mol. The molecule has 5 nitrogen and oxygen atoms in total. The molecule has 0 saturated carbocycles. The summed E-state index contributed by atoms with van der Waals surface area (Å²) in [5, 5.41) is 2.73. The number of carbonyl (C=O) groups excluding carboxylic acids is 1. The Kier molecular flexibility index (Phi) is 7.16. The van der Waals surface area contributed by atoms with Gasteiger partial charge in [-0.25, -0.2) is 0 Å². The first-order valence-corrected chi connectivity index (χ1v) is 5.32. The van der Waals surface area contributed by atoms with Crippen molar-refractivity contribution in [3.8, 4) is 11.5 Å². The smallest absolute Gasteiger partial charge is 0.236 e. The predicted octanol–water partition coefficient (Wildman–Crippen LogP) is 1.09. The fourth-order valence-electron chi connectivity index (χ4n) is 1.34. The van der Waals surface area contributed by atoms with E-state index in [4.69, 9.17) is 15.2 Å². The van der Waals surface area contributed by atoms with Gasteiger partial charge in [0.25, 0.3) is 0 Å². The van der Waals surface area contributed by atoms with Crippen LogP contribution in [0.1, 0.15) is 12.5 Å². The largest absolute Gasteiger partial charge is 0.493 e. The fraction of sp³-hybridized carbons (Fsp3) is 0.417. The summed E-state index contributed by atoms with van der Waals surface area (Å²) in [6, 6.07) is 4.98. The molecule has 1 aromatic carbocycles. The Labute approximate surface area is 113 Å². The van der Waals surface area contributed by atoms with E-state index in [2.05, 4.69) is 5.32 Å². The van der Waals surface area contributed by atoms with Crippen molar-refractivity contribution in [2.75, 3.05) is 14.2 Å². The molecule has 1 atom stereocenters. The molecule has 0 aliphatic carbocycles. The van der Waals surface area contributed by atoms with Gasteiger partial charge >= 0.3 is 0 Å². The van der Waals surface area contributed by atoms with Crippen LogP contribution in [0.3, 0.4) is 0 Å². The van der Waals surface area contributed by atoms with Crippen molar-refractivity contribution < 1.29 is 14.3 Å². The first-order valence-electron chi connectivity index (χ1n) is 5.32. The summed E-state index contributed by atoms with van der Waals surface area (Å²) in [5.74, 6) is 1.12. The van der Waals surface area contributed by atoms with Crippen LogP contribution >= 0.6 is 12.4 Å². The van der Waals surface area contributed by atoms with Crippen molar-refractivity contribution in [1.82, 2.24) is 5.32 Å². The minimum Gasteiger partial charge on any atom is -0.493 e. The summed E-state index contributed by atoms with van der Waals surface area (Å²) in [5.41, 5.74) is 6.37. The Morgan fingerprint density at radius 1 is 1.33 bits per heavy atom. The van der Waals surface area contributed by atoms with Crippen LogP contribution in [0.2, 0.25) is 0 Å². The molecule has 0 bridgehead atoms. The number of nitrogens with one attached hydrogen (secondary N) is 1. The number of halogens is 1. The highest BCUT2D eigenvalue weighted by Gasteiger charge is 2.08. The molecule has 102 valence electrons. The SMILES string of the molecule is COc1ccc(CNC(=O)[C@@H](C)N)cc1OC.Cl. The van der Waals surface area contributed by atoms with Crippen molar-refractivity contribution in [3.05, 3.63) is 23.8 Å². The summed E-state index contributed by atoms with van der Waals surface area (Å²) in [6.45, 7) is 2.06. The first kappa shape index (κ1) is 16.5. The Hall–Kier alpha value is -1.46. The average Bonchev–Trinajstić information content (AvgIpc) is 2.35. The molecule has 18 heavy (non-hydrogen) atoms.